The van der Waals surface area contributed by atoms with Crippen LogP contribution in [0.3, 0.4) is 0 Å². The van der Waals surface area contributed by atoms with E-state index in [2.05, 4.69) is 9.36 Å². The molecule has 0 N–H and O–H groups in total. The van der Waals surface area contributed by atoms with Crippen molar-refractivity contribution in [2.75, 3.05) is 0 Å². The first-order chi connectivity index (χ1) is 7.84. The van der Waals surface area contributed by atoms with Crippen molar-refractivity contribution in [3.05, 3.63) is 47.9 Å². The number of nitrogens with zero attached hydrogens (tertiary/aromatic N) is 2. The molecule has 78 valence electrons. The summed E-state index contributed by atoms with van der Waals surface area (Å²) < 4.78 is 17.6. The number of benzene rings is 1. The van der Waals surface area contributed by atoms with Crippen LogP contribution in [0.5, 0.6) is 0 Å². The van der Waals surface area contributed by atoms with Crippen LogP contribution in [0, 0.1) is 5.82 Å². The molecule has 0 bridgehead atoms. The lowest BCUT2D eigenvalue weighted by molar-refractivity contribution is 0.639. The van der Waals surface area contributed by atoms with E-state index < -0.39 is 0 Å². The topological polar surface area (TPSA) is 25.8 Å². The number of pyridine rings is 1. The molecule has 0 aliphatic heterocycles. The van der Waals surface area contributed by atoms with Crippen LogP contribution in [0.4, 0.5) is 4.39 Å². The molecule has 0 aliphatic carbocycles. The molecule has 2 heterocycles. The number of halogens is 1. The van der Waals surface area contributed by atoms with Gasteiger partial charge in [0.1, 0.15) is 5.82 Å². The Labute approximate surface area is 95.6 Å². The third kappa shape index (κ3) is 1.47. The summed E-state index contributed by atoms with van der Waals surface area (Å²) >= 11 is 1.37. The monoisotopic (exact) mass is 230 g/mol. The fraction of sp³-hybridized carbons (Fsp3) is 0. The molecule has 2 aromatic heterocycles. The first-order valence-corrected chi connectivity index (χ1v) is 5.62. The van der Waals surface area contributed by atoms with E-state index in [1.165, 1.54) is 17.6 Å². The number of aromatic nitrogens is 2. The summed E-state index contributed by atoms with van der Waals surface area (Å²) in [4.78, 5) is 4.23. The average molecular weight is 230 g/mol. The Hall–Kier alpha value is -1.81. The van der Waals surface area contributed by atoms with Crippen LogP contribution in [-0.2, 0) is 0 Å². The van der Waals surface area contributed by atoms with Crippen LogP contribution in [0.25, 0.3) is 22.0 Å². The molecule has 2 nitrogen and oxygen atoms in total. The van der Waals surface area contributed by atoms with E-state index >= 15 is 0 Å². The highest BCUT2D eigenvalue weighted by atomic mass is 32.1. The molecule has 0 amide bonds. The average Bonchev–Trinajstić information content (AvgIpc) is 2.83. The van der Waals surface area contributed by atoms with E-state index in [-0.39, 0.29) is 5.82 Å². The van der Waals surface area contributed by atoms with Crippen LogP contribution >= 0.6 is 11.5 Å². The van der Waals surface area contributed by atoms with Gasteiger partial charge in [0.05, 0.1) is 5.52 Å². The van der Waals surface area contributed by atoms with Gasteiger partial charge in [-0.2, -0.15) is 0 Å². The summed E-state index contributed by atoms with van der Waals surface area (Å²) in [5.41, 5.74) is 2.54. The Morgan fingerprint density at radius 3 is 2.88 bits per heavy atom. The van der Waals surface area contributed by atoms with Gasteiger partial charge in [0.25, 0.3) is 0 Å². The van der Waals surface area contributed by atoms with Crippen molar-refractivity contribution in [2.45, 2.75) is 0 Å². The van der Waals surface area contributed by atoms with E-state index in [4.69, 9.17) is 0 Å². The molecular formula is C12H7FN2S. The van der Waals surface area contributed by atoms with E-state index in [1.54, 1.807) is 30.6 Å². The van der Waals surface area contributed by atoms with Crippen molar-refractivity contribution in [1.29, 1.82) is 0 Å². The Bertz CT molecular complexity index is 635. The predicted molar refractivity (Wildman–Crippen MR) is 62.8 cm³/mol. The summed E-state index contributed by atoms with van der Waals surface area (Å²) in [6.45, 7) is 0. The second kappa shape index (κ2) is 3.64. The summed E-state index contributed by atoms with van der Waals surface area (Å²) in [5.74, 6) is -0.241. The highest BCUT2D eigenvalue weighted by Crippen LogP contribution is 2.24. The SMILES string of the molecule is Fc1cccc2ncc(-c3cnsc3)cc12. The van der Waals surface area contributed by atoms with Gasteiger partial charge in [-0.05, 0) is 29.7 Å². The molecule has 16 heavy (non-hydrogen) atoms. The third-order valence-electron chi connectivity index (χ3n) is 2.44. The van der Waals surface area contributed by atoms with Gasteiger partial charge in [0.2, 0.25) is 0 Å². The van der Waals surface area contributed by atoms with Gasteiger partial charge in [-0.3, -0.25) is 4.98 Å². The standard InChI is InChI=1S/C12H7FN2S/c13-11-2-1-3-12-10(11)4-8(5-14-12)9-6-15-16-7-9/h1-7H. The third-order valence-corrected chi connectivity index (χ3v) is 3.02. The lowest BCUT2D eigenvalue weighted by Gasteiger charge is -2.01. The van der Waals surface area contributed by atoms with Crippen LogP contribution in [0.2, 0.25) is 0 Å². The zero-order valence-electron chi connectivity index (χ0n) is 8.22. The first kappa shape index (κ1) is 9.42. The maximum absolute atomic E-state index is 13.6. The largest absolute Gasteiger partial charge is 0.256 e. The van der Waals surface area contributed by atoms with Gasteiger partial charge in [-0.15, -0.1) is 0 Å². The van der Waals surface area contributed by atoms with Crippen molar-refractivity contribution in [1.82, 2.24) is 9.36 Å². The number of hydrogen-bond acceptors (Lipinski definition) is 3. The van der Waals surface area contributed by atoms with Crippen LogP contribution in [0.15, 0.2) is 42.0 Å². The van der Waals surface area contributed by atoms with Crippen molar-refractivity contribution in [3.63, 3.8) is 0 Å². The minimum atomic E-state index is -0.241. The van der Waals surface area contributed by atoms with Gasteiger partial charge in [0, 0.05) is 34.3 Å². The molecule has 0 aliphatic rings. The molecule has 0 unspecified atom stereocenters. The second-order valence-corrected chi connectivity index (χ2v) is 4.10. The Morgan fingerprint density at radius 1 is 1.12 bits per heavy atom. The van der Waals surface area contributed by atoms with Crippen molar-refractivity contribution < 1.29 is 4.39 Å². The summed E-state index contributed by atoms with van der Waals surface area (Å²) in [6, 6.07) is 6.71. The maximum Gasteiger partial charge on any atom is 0.132 e. The molecule has 0 saturated carbocycles. The van der Waals surface area contributed by atoms with Crippen molar-refractivity contribution >= 4 is 22.4 Å². The number of rotatable bonds is 1. The zero-order chi connectivity index (χ0) is 11.0. The van der Waals surface area contributed by atoms with E-state index in [9.17, 15) is 4.39 Å². The lowest BCUT2D eigenvalue weighted by Crippen LogP contribution is -1.84. The van der Waals surface area contributed by atoms with Gasteiger partial charge < -0.3 is 0 Å². The summed E-state index contributed by atoms with van der Waals surface area (Å²) in [6.07, 6.45) is 3.50. The molecule has 0 radical (unpaired) electrons. The zero-order valence-corrected chi connectivity index (χ0v) is 9.04. The molecule has 1 aromatic carbocycles. The van der Waals surface area contributed by atoms with E-state index in [1.807, 2.05) is 5.38 Å². The minimum absolute atomic E-state index is 0.241. The highest BCUT2D eigenvalue weighted by molar-refractivity contribution is 7.03. The molecule has 3 aromatic rings. The molecule has 0 saturated heterocycles. The van der Waals surface area contributed by atoms with Gasteiger partial charge >= 0.3 is 0 Å². The Kier molecular flexibility index (Phi) is 2.15. The lowest BCUT2D eigenvalue weighted by atomic mass is 10.1. The van der Waals surface area contributed by atoms with Gasteiger partial charge in [-0.1, -0.05) is 6.07 Å². The van der Waals surface area contributed by atoms with Crippen molar-refractivity contribution in [2.24, 2.45) is 0 Å². The smallest absolute Gasteiger partial charge is 0.132 e. The van der Waals surface area contributed by atoms with Crippen molar-refractivity contribution in [3.8, 4) is 11.1 Å². The fourth-order valence-corrected chi connectivity index (χ4v) is 2.16. The second-order valence-electron chi connectivity index (χ2n) is 3.44. The highest BCUT2D eigenvalue weighted by Gasteiger charge is 2.04. The number of hydrogen-bond donors (Lipinski definition) is 0. The van der Waals surface area contributed by atoms with E-state index in [0.29, 0.717) is 10.9 Å². The summed E-state index contributed by atoms with van der Waals surface area (Å²) in [5, 5.41) is 2.47. The summed E-state index contributed by atoms with van der Waals surface area (Å²) in [7, 11) is 0. The van der Waals surface area contributed by atoms with Crippen LogP contribution in [-0.4, -0.2) is 9.36 Å². The number of fused-ring (bicyclic) bond motifs is 1. The quantitative estimate of drug-likeness (QED) is 0.639. The molecule has 4 heteroatoms. The molecule has 0 fully saturated rings. The van der Waals surface area contributed by atoms with Crippen LogP contribution in [0.1, 0.15) is 0 Å². The minimum Gasteiger partial charge on any atom is -0.256 e. The molecule has 3 rings (SSSR count). The molecule has 0 atom stereocenters. The maximum atomic E-state index is 13.6. The van der Waals surface area contributed by atoms with Crippen LogP contribution < -0.4 is 0 Å². The predicted octanol–water partition coefficient (Wildman–Crippen LogP) is 3.50. The molecular weight excluding hydrogens is 223 g/mol. The first-order valence-electron chi connectivity index (χ1n) is 4.78. The Morgan fingerprint density at radius 2 is 2.06 bits per heavy atom. The van der Waals surface area contributed by atoms with Gasteiger partial charge in [0.15, 0.2) is 0 Å². The fourth-order valence-electron chi connectivity index (χ4n) is 1.62. The van der Waals surface area contributed by atoms with E-state index in [0.717, 1.165) is 11.1 Å². The molecule has 0 spiro atoms. The normalized spacial score (nSPS) is 10.8. The Balaban J connectivity index is 2.27. The van der Waals surface area contributed by atoms with Gasteiger partial charge in [-0.25, -0.2) is 8.76 Å².